The minimum atomic E-state index is 0.304. The Morgan fingerprint density at radius 2 is 2.05 bits per heavy atom. The molecule has 2 N–H and O–H groups in total. The number of benzene rings is 1. The van der Waals surface area contributed by atoms with Crippen molar-refractivity contribution < 1.29 is 9.26 Å². The SMILES string of the molecule is Nc1ccc(-c2nc(C3CCOCC3)no2)c(Cl)c1. The van der Waals surface area contributed by atoms with Crippen molar-refractivity contribution in [1.82, 2.24) is 10.1 Å². The number of aromatic nitrogens is 2. The monoisotopic (exact) mass is 279 g/mol. The van der Waals surface area contributed by atoms with Crippen LogP contribution in [0.3, 0.4) is 0 Å². The van der Waals surface area contributed by atoms with Gasteiger partial charge in [0.1, 0.15) is 0 Å². The highest BCUT2D eigenvalue weighted by Crippen LogP contribution is 2.31. The van der Waals surface area contributed by atoms with E-state index in [9.17, 15) is 0 Å². The molecule has 100 valence electrons. The summed E-state index contributed by atoms with van der Waals surface area (Å²) in [4.78, 5) is 4.44. The second-order valence-corrected chi connectivity index (χ2v) is 4.99. The maximum absolute atomic E-state index is 6.13. The smallest absolute Gasteiger partial charge is 0.259 e. The number of nitrogens with zero attached hydrogens (tertiary/aromatic N) is 2. The first kappa shape index (κ1) is 12.4. The molecule has 6 heteroatoms. The van der Waals surface area contributed by atoms with Gasteiger partial charge in [-0.3, -0.25) is 0 Å². The largest absolute Gasteiger partial charge is 0.399 e. The van der Waals surface area contributed by atoms with Crippen LogP contribution in [0.15, 0.2) is 22.7 Å². The van der Waals surface area contributed by atoms with E-state index in [1.54, 1.807) is 18.2 Å². The molecule has 2 aromatic rings. The summed E-state index contributed by atoms with van der Waals surface area (Å²) in [7, 11) is 0. The molecule has 0 radical (unpaired) electrons. The van der Waals surface area contributed by atoms with E-state index < -0.39 is 0 Å². The van der Waals surface area contributed by atoms with Crippen molar-refractivity contribution in [3.05, 3.63) is 29.0 Å². The second kappa shape index (κ2) is 5.19. The van der Waals surface area contributed by atoms with E-state index in [4.69, 9.17) is 26.6 Å². The molecule has 1 aromatic heterocycles. The van der Waals surface area contributed by atoms with Crippen LogP contribution in [0.1, 0.15) is 24.6 Å². The van der Waals surface area contributed by atoms with Crippen LogP contribution in [0.25, 0.3) is 11.5 Å². The van der Waals surface area contributed by atoms with Gasteiger partial charge in [-0.05, 0) is 31.0 Å². The quantitative estimate of drug-likeness (QED) is 0.856. The van der Waals surface area contributed by atoms with Gasteiger partial charge in [0.15, 0.2) is 5.82 Å². The van der Waals surface area contributed by atoms with Crippen molar-refractivity contribution in [3.63, 3.8) is 0 Å². The molecule has 0 atom stereocenters. The minimum Gasteiger partial charge on any atom is -0.399 e. The summed E-state index contributed by atoms with van der Waals surface area (Å²) in [6.07, 6.45) is 1.85. The van der Waals surface area contributed by atoms with E-state index in [2.05, 4.69) is 10.1 Å². The molecular weight excluding hydrogens is 266 g/mol. The number of nitrogens with two attached hydrogens (primary N) is 1. The highest BCUT2D eigenvalue weighted by atomic mass is 35.5. The van der Waals surface area contributed by atoms with Gasteiger partial charge in [-0.25, -0.2) is 0 Å². The molecule has 0 spiro atoms. The molecule has 0 aliphatic carbocycles. The van der Waals surface area contributed by atoms with Crippen LogP contribution in [0.5, 0.6) is 0 Å². The normalized spacial score (nSPS) is 16.7. The van der Waals surface area contributed by atoms with Gasteiger partial charge in [0.25, 0.3) is 5.89 Å². The molecule has 19 heavy (non-hydrogen) atoms. The van der Waals surface area contributed by atoms with Crippen molar-refractivity contribution >= 4 is 17.3 Å². The number of anilines is 1. The van der Waals surface area contributed by atoms with E-state index in [0.717, 1.165) is 31.9 Å². The predicted octanol–water partition coefficient (Wildman–Crippen LogP) is 2.87. The Hall–Kier alpha value is -1.59. The molecule has 1 aromatic carbocycles. The summed E-state index contributed by atoms with van der Waals surface area (Å²) in [5, 5.41) is 4.56. The van der Waals surface area contributed by atoms with Gasteiger partial charge in [-0.1, -0.05) is 16.8 Å². The summed E-state index contributed by atoms with van der Waals surface area (Å²) in [6.45, 7) is 1.49. The van der Waals surface area contributed by atoms with Crippen LogP contribution < -0.4 is 5.73 Å². The third-order valence-corrected chi connectivity index (χ3v) is 3.56. The molecule has 1 saturated heterocycles. The fourth-order valence-electron chi connectivity index (χ4n) is 2.17. The minimum absolute atomic E-state index is 0.304. The van der Waals surface area contributed by atoms with E-state index in [1.165, 1.54) is 0 Å². The lowest BCUT2D eigenvalue weighted by molar-refractivity contribution is 0.0830. The third kappa shape index (κ3) is 2.57. The fraction of sp³-hybridized carbons (Fsp3) is 0.385. The summed E-state index contributed by atoms with van der Waals surface area (Å²) >= 11 is 6.13. The molecule has 5 nitrogen and oxygen atoms in total. The van der Waals surface area contributed by atoms with Crippen molar-refractivity contribution in [2.75, 3.05) is 18.9 Å². The van der Waals surface area contributed by atoms with E-state index in [-0.39, 0.29) is 0 Å². The molecular formula is C13H14ClN3O2. The summed E-state index contributed by atoms with van der Waals surface area (Å²) < 4.78 is 10.6. The topological polar surface area (TPSA) is 74.2 Å². The molecule has 0 bridgehead atoms. The Morgan fingerprint density at radius 3 is 2.79 bits per heavy atom. The van der Waals surface area contributed by atoms with Crippen molar-refractivity contribution in [1.29, 1.82) is 0 Å². The lowest BCUT2D eigenvalue weighted by Crippen LogP contribution is -2.15. The van der Waals surface area contributed by atoms with Gasteiger partial charge in [-0.15, -0.1) is 0 Å². The first-order valence-corrected chi connectivity index (χ1v) is 6.58. The zero-order valence-corrected chi connectivity index (χ0v) is 11.1. The molecule has 1 aliphatic heterocycles. The Kier molecular flexibility index (Phi) is 3.40. The Labute approximate surface area is 115 Å². The summed E-state index contributed by atoms with van der Waals surface area (Å²) in [5.74, 6) is 1.47. The summed E-state index contributed by atoms with van der Waals surface area (Å²) in [5.41, 5.74) is 6.98. The van der Waals surface area contributed by atoms with E-state index in [0.29, 0.717) is 28.1 Å². The molecule has 1 aliphatic rings. The zero-order valence-electron chi connectivity index (χ0n) is 10.3. The summed E-state index contributed by atoms with van der Waals surface area (Å²) in [6, 6.07) is 5.23. The number of halogens is 1. The van der Waals surface area contributed by atoms with Crippen LogP contribution in [0.4, 0.5) is 5.69 Å². The van der Waals surface area contributed by atoms with Gasteiger partial charge in [0.05, 0.1) is 10.6 Å². The van der Waals surface area contributed by atoms with Gasteiger partial charge < -0.3 is 15.0 Å². The van der Waals surface area contributed by atoms with Gasteiger partial charge in [-0.2, -0.15) is 4.98 Å². The van der Waals surface area contributed by atoms with Crippen LogP contribution in [-0.2, 0) is 4.74 Å². The predicted molar refractivity (Wildman–Crippen MR) is 72.0 cm³/mol. The van der Waals surface area contributed by atoms with Crippen molar-refractivity contribution in [2.45, 2.75) is 18.8 Å². The zero-order chi connectivity index (χ0) is 13.2. The van der Waals surface area contributed by atoms with Crippen LogP contribution in [0, 0.1) is 0 Å². The lowest BCUT2D eigenvalue weighted by Gasteiger charge is -2.18. The molecule has 0 unspecified atom stereocenters. The first-order chi connectivity index (χ1) is 9.24. The average Bonchev–Trinajstić information content (AvgIpc) is 2.89. The third-order valence-electron chi connectivity index (χ3n) is 3.25. The standard InChI is InChI=1S/C13H14ClN3O2/c14-11-7-9(15)1-2-10(11)13-16-12(17-19-13)8-3-5-18-6-4-8/h1-2,7-8H,3-6,15H2. The molecule has 2 heterocycles. The molecule has 3 rings (SSSR count). The van der Waals surface area contributed by atoms with Gasteiger partial charge in [0, 0.05) is 24.8 Å². The Bertz CT molecular complexity index is 579. The fourth-order valence-corrected chi connectivity index (χ4v) is 2.44. The first-order valence-electron chi connectivity index (χ1n) is 6.21. The highest BCUT2D eigenvalue weighted by Gasteiger charge is 2.22. The second-order valence-electron chi connectivity index (χ2n) is 4.58. The molecule has 1 fully saturated rings. The van der Waals surface area contributed by atoms with Crippen LogP contribution in [0.2, 0.25) is 5.02 Å². The van der Waals surface area contributed by atoms with Crippen LogP contribution >= 0.6 is 11.6 Å². The Morgan fingerprint density at radius 1 is 1.26 bits per heavy atom. The number of nitrogen functional groups attached to an aromatic ring is 1. The van der Waals surface area contributed by atoms with Crippen LogP contribution in [-0.4, -0.2) is 23.4 Å². The van der Waals surface area contributed by atoms with E-state index in [1.807, 2.05) is 0 Å². The maximum Gasteiger partial charge on any atom is 0.259 e. The van der Waals surface area contributed by atoms with Gasteiger partial charge >= 0.3 is 0 Å². The highest BCUT2D eigenvalue weighted by molar-refractivity contribution is 6.33. The van der Waals surface area contributed by atoms with Crippen molar-refractivity contribution in [2.24, 2.45) is 0 Å². The Balaban J connectivity index is 1.87. The number of ether oxygens (including phenoxy) is 1. The van der Waals surface area contributed by atoms with Crippen molar-refractivity contribution in [3.8, 4) is 11.5 Å². The average molecular weight is 280 g/mol. The molecule has 0 saturated carbocycles. The number of hydrogen-bond acceptors (Lipinski definition) is 5. The van der Waals surface area contributed by atoms with E-state index >= 15 is 0 Å². The maximum atomic E-state index is 6.13. The van der Waals surface area contributed by atoms with Gasteiger partial charge in [0.2, 0.25) is 0 Å². The number of hydrogen-bond donors (Lipinski definition) is 1. The lowest BCUT2D eigenvalue weighted by atomic mass is 10.00. The number of rotatable bonds is 2. The molecule has 0 amide bonds.